The van der Waals surface area contributed by atoms with Crippen LogP contribution in [-0.4, -0.2) is 38.8 Å². The molecule has 0 radical (unpaired) electrons. The first-order chi connectivity index (χ1) is 9.52. The molecule has 0 N–H and O–H groups in total. The molecule has 1 aliphatic heterocycles. The van der Waals surface area contributed by atoms with Gasteiger partial charge in [0.1, 0.15) is 0 Å². The normalized spacial score (nSPS) is 17.9. The smallest absolute Gasteiger partial charge is 0.162 e. The number of hydrogen-bond acceptors (Lipinski definition) is 4. The molecule has 0 aliphatic carbocycles. The maximum Gasteiger partial charge on any atom is 0.162 e. The Balaban J connectivity index is 2.00. The van der Waals surface area contributed by atoms with Gasteiger partial charge in [-0.25, -0.2) is 8.42 Å². The summed E-state index contributed by atoms with van der Waals surface area (Å²) in [5, 5.41) is 0. The van der Waals surface area contributed by atoms with Gasteiger partial charge in [-0.2, -0.15) is 0 Å². The topological polar surface area (TPSA) is 54.5 Å². The van der Waals surface area contributed by atoms with E-state index in [4.69, 9.17) is 0 Å². The van der Waals surface area contributed by atoms with Gasteiger partial charge in [-0.1, -0.05) is 13.3 Å². The van der Waals surface area contributed by atoms with Gasteiger partial charge in [0, 0.05) is 30.8 Å². The molecule has 20 heavy (non-hydrogen) atoms. The van der Waals surface area contributed by atoms with Crippen LogP contribution < -0.4 is 4.90 Å². The van der Waals surface area contributed by atoms with Gasteiger partial charge in [0.15, 0.2) is 15.6 Å². The molecule has 0 spiro atoms. The first-order valence-corrected chi connectivity index (χ1v) is 8.92. The van der Waals surface area contributed by atoms with Crippen LogP contribution in [0.5, 0.6) is 0 Å². The summed E-state index contributed by atoms with van der Waals surface area (Å²) in [7, 11) is -2.85. The molecule has 0 unspecified atom stereocenters. The van der Waals surface area contributed by atoms with Gasteiger partial charge >= 0.3 is 0 Å². The molecule has 4 nitrogen and oxygen atoms in total. The first-order valence-electron chi connectivity index (χ1n) is 7.10. The minimum Gasteiger partial charge on any atom is -0.369 e. The zero-order valence-corrected chi connectivity index (χ0v) is 12.7. The fourth-order valence-corrected chi connectivity index (χ4v) is 3.51. The Labute approximate surface area is 120 Å². The standard InChI is InChI=1S/C15H21NO3S/c1-2-3-4-15(17)13-5-7-14(8-6-13)16-9-11-20(18,19)12-10-16/h5-8H,2-4,9-12H2,1H3. The number of carbonyl (C=O) groups is 1. The Hall–Kier alpha value is -1.36. The van der Waals surface area contributed by atoms with Crippen LogP contribution >= 0.6 is 0 Å². The van der Waals surface area contributed by atoms with E-state index in [0.717, 1.165) is 24.1 Å². The van der Waals surface area contributed by atoms with E-state index >= 15 is 0 Å². The van der Waals surface area contributed by atoms with E-state index in [1.54, 1.807) is 0 Å². The molecule has 1 saturated heterocycles. The van der Waals surface area contributed by atoms with Crippen LogP contribution in [-0.2, 0) is 9.84 Å². The molecule has 5 heteroatoms. The number of unbranched alkanes of at least 4 members (excludes halogenated alkanes) is 1. The highest BCUT2D eigenvalue weighted by Crippen LogP contribution is 2.19. The summed E-state index contributed by atoms with van der Waals surface area (Å²) in [6.45, 7) is 3.14. The number of anilines is 1. The lowest BCUT2D eigenvalue weighted by molar-refractivity contribution is 0.0980. The summed E-state index contributed by atoms with van der Waals surface area (Å²) in [5.74, 6) is 0.605. The van der Waals surface area contributed by atoms with E-state index in [1.165, 1.54) is 0 Å². The zero-order chi connectivity index (χ0) is 14.6. The summed E-state index contributed by atoms with van der Waals surface area (Å²) in [6, 6.07) is 7.51. The van der Waals surface area contributed by atoms with E-state index in [-0.39, 0.29) is 17.3 Å². The van der Waals surface area contributed by atoms with Gasteiger partial charge in [-0.15, -0.1) is 0 Å². The third-order valence-corrected chi connectivity index (χ3v) is 5.27. The molecular formula is C15H21NO3S. The fourth-order valence-electron chi connectivity index (χ4n) is 2.31. The lowest BCUT2D eigenvalue weighted by atomic mass is 10.1. The minimum absolute atomic E-state index is 0.180. The maximum atomic E-state index is 11.9. The van der Waals surface area contributed by atoms with Crippen LogP contribution in [0, 0.1) is 0 Å². The Morgan fingerprint density at radius 3 is 2.30 bits per heavy atom. The van der Waals surface area contributed by atoms with E-state index in [9.17, 15) is 13.2 Å². The second-order valence-electron chi connectivity index (χ2n) is 5.21. The lowest BCUT2D eigenvalue weighted by Crippen LogP contribution is -2.40. The highest BCUT2D eigenvalue weighted by Gasteiger charge is 2.21. The van der Waals surface area contributed by atoms with Gasteiger partial charge in [0.05, 0.1) is 11.5 Å². The lowest BCUT2D eigenvalue weighted by Gasteiger charge is -2.28. The van der Waals surface area contributed by atoms with Crippen molar-refractivity contribution in [2.24, 2.45) is 0 Å². The molecule has 110 valence electrons. The van der Waals surface area contributed by atoms with Crippen LogP contribution in [0.4, 0.5) is 5.69 Å². The maximum absolute atomic E-state index is 11.9. The number of carbonyl (C=O) groups excluding carboxylic acids is 1. The molecule has 1 aromatic carbocycles. The third-order valence-electron chi connectivity index (χ3n) is 3.66. The van der Waals surface area contributed by atoms with Crippen molar-refractivity contribution in [3.63, 3.8) is 0 Å². The van der Waals surface area contributed by atoms with Crippen molar-refractivity contribution in [2.75, 3.05) is 29.5 Å². The molecule has 1 heterocycles. The average Bonchev–Trinajstić information content (AvgIpc) is 2.45. The Morgan fingerprint density at radius 2 is 1.75 bits per heavy atom. The molecular weight excluding hydrogens is 274 g/mol. The predicted octanol–water partition coefficient (Wildman–Crippen LogP) is 2.29. The summed E-state index contributed by atoms with van der Waals surface area (Å²) in [5.41, 5.74) is 1.73. The van der Waals surface area contributed by atoms with Crippen LogP contribution in [0.15, 0.2) is 24.3 Å². The van der Waals surface area contributed by atoms with Gasteiger partial charge < -0.3 is 4.90 Å². The number of rotatable bonds is 5. The van der Waals surface area contributed by atoms with Crippen LogP contribution in [0.25, 0.3) is 0 Å². The molecule has 0 aromatic heterocycles. The van der Waals surface area contributed by atoms with Crippen molar-refractivity contribution in [1.29, 1.82) is 0 Å². The highest BCUT2D eigenvalue weighted by atomic mass is 32.2. The van der Waals surface area contributed by atoms with Gasteiger partial charge in [0.2, 0.25) is 0 Å². The largest absolute Gasteiger partial charge is 0.369 e. The van der Waals surface area contributed by atoms with Crippen LogP contribution in [0.2, 0.25) is 0 Å². The predicted molar refractivity (Wildman–Crippen MR) is 81.2 cm³/mol. The SMILES string of the molecule is CCCCC(=O)c1ccc(N2CCS(=O)(=O)CC2)cc1. The fraction of sp³-hybridized carbons (Fsp3) is 0.533. The second-order valence-corrected chi connectivity index (χ2v) is 7.52. The number of hydrogen-bond donors (Lipinski definition) is 0. The molecule has 1 fully saturated rings. The molecule has 2 rings (SSSR count). The molecule has 0 saturated carbocycles. The van der Waals surface area contributed by atoms with Crippen molar-refractivity contribution in [3.8, 4) is 0 Å². The molecule has 1 aliphatic rings. The van der Waals surface area contributed by atoms with Gasteiger partial charge in [0.25, 0.3) is 0 Å². The first kappa shape index (κ1) is 15.0. The molecule has 0 amide bonds. The number of benzene rings is 1. The Bertz CT molecular complexity index is 549. The van der Waals surface area contributed by atoms with Gasteiger partial charge in [-0.05, 0) is 30.7 Å². The highest BCUT2D eigenvalue weighted by molar-refractivity contribution is 7.91. The Kier molecular flexibility index (Phi) is 4.81. The molecule has 0 atom stereocenters. The van der Waals surface area contributed by atoms with E-state index in [2.05, 4.69) is 11.8 Å². The summed E-state index contributed by atoms with van der Waals surface area (Å²) in [4.78, 5) is 13.9. The van der Waals surface area contributed by atoms with Crippen molar-refractivity contribution >= 4 is 21.3 Å². The second kappa shape index (κ2) is 6.39. The minimum atomic E-state index is -2.85. The zero-order valence-electron chi connectivity index (χ0n) is 11.8. The molecule has 0 bridgehead atoms. The summed E-state index contributed by atoms with van der Waals surface area (Å²) >= 11 is 0. The number of Topliss-reactive ketones (excluding diaryl/α,β-unsaturated/α-hetero) is 1. The van der Waals surface area contributed by atoms with E-state index < -0.39 is 9.84 Å². The van der Waals surface area contributed by atoms with Crippen molar-refractivity contribution in [1.82, 2.24) is 0 Å². The van der Waals surface area contributed by atoms with Crippen molar-refractivity contribution < 1.29 is 13.2 Å². The number of nitrogens with zero attached hydrogens (tertiary/aromatic N) is 1. The number of sulfone groups is 1. The Morgan fingerprint density at radius 1 is 1.15 bits per heavy atom. The van der Waals surface area contributed by atoms with E-state index in [0.29, 0.717) is 19.5 Å². The van der Waals surface area contributed by atoms with Crippen molar-refractivity contribution in [3.05, 3.63) is 29.8 Å². The average molecular weight is 295 g/mol. The number of ketones is 1. The van der Waals surface area contributed by atoms with E-state index in [1.807, 2.05) is 24.3 Å². The third kappa shape index (κ3) is 3.82. The van der Waals surface area contributed by atoms with Crippen LogP contribution in [0.1, 0.15) is 36.5 Å². The summed E-state index contributed by atoms with van der Waals surface area (Å²) < 4.78 is 22.8. The van der Waals surface area contributed by atoms with Gasteiger partial charge in [-0.3, -0.25) is 4.79 Å². The van der Waals surface area contributed by atoms with Crippen molar-refractivity contribution in [2.45, 2.75) is 26.2 Å². The van der Waals surface area contributed by atoms with Crippen LogP contribution in [0.3, 0.4) is 0 Å². The monoisotopic (exact) mass is 295 g/mol. The molecule has 1 aromatic rings. The summed E-state index contributed by atoms with van der Waals surface area (Å²) in [6.07, 6.45) is 2.54. The quantitative estimate of drug-likeness (QED) is 0.782.